The van der Waals surface area contributed by atoms with Gasteiger partial charge in [0.1, 0.15) is 12.1 Å². The Morgan fingerprint density at radius 3 is 2.97 bits per heavy atom. The van der Waals surface area contributed by atoms with E-state index in [0.29, 0.717) is 30.0 Å². The van der Waals surface area contributed by atoms with Crippen LogP contribution in [0.3, 0.4) is 0 Å². The number of nitrogens with zero attached hydrogens (tertiary/aromatic N) is 3. The van der Waals surface area contributed by atoms with Crippen molar-refractivity contribution in [2.75, 3.05) is 27.0 Å². The topological polar surface area (TPSA) is 65.8 Å². The highest BCUT2D eigenvalue weighted by Gasteiger charge is 2.29. The molecule has 0 saturated carbocycles. The molecule has 1 saturated heterocycles. The first-order chi connectivity index (χ1) is 14.2. The average molecular weight is 399 g/mol. The van der Waals surface area contributed by atoms with E-state index in [1.54, 1.807) is 7.11 Å². The molecule has 2 aliphatic heterocycles. The van der Waals surface area contributed by atoms with Crippen molar-refractivity contribution >= 4 is 6.29 Å². The molecule has 1 fully saturated rings. The molecule has 0 aliphatic carbocycles. The highest BCUT2D eigenvalue weighted by Crippen LogP contribution is 2.44. The Balaban J connectivity index is 1.51. The highest BCUT2D eigenvalue weighted by atomic mass is 16.7. The van der Waals surface area contributed by atoms with Gasteiger partial charge in [0.25, 0.3) is 0 Å². The summed E-state index contributed by atoms with van der Waals surface area (Å²) in [5, 5.41) is 0. The van der Waals surface area contributed by atoms with Crippen LogP contribution in [0, 0.1) is 0 Å². The Morgan fingerprint density at radius 1 is 1.31 bits per heavy atom. The van der Waals surface area contributed by atoms with Crippen molar-refractivity contribution in [3.63, 3.8) is 0 Å². The monoisotopic (exact) mass is 399 g/mol. The molecule has 1 aromatic heterocycles. The van der Waals surface area contributed by atoms with Crippen molar-refractivity contribution in [1.82, 2.24) is 14.5 Å². The normalized spacial score (nSPS) is 21.7. The summed E-state index contributed by atoms with van der Waals surface area (Å²) in [7, 11) is 3.68. The van der Waals surface area contributed by atoms with Crippen LogP contribution in [0.15, 0.2) is 24.5 Å². The van der Waals surface area contributed by atoms with Crippen LogP contribution in [-0.4, -0.2) is 53.8 Å². The number of aryl methyl sites for hydroxylation is 2. The van der Waals surface area contributed by atoms with E-state index in [1.807, 2.05) is 19.4 Å². The molecule has 2 aliphatic rings. The zero-order valence-corrected chi connectivity index (χ0v) is 17.2. The molecule has 1 aromatic carbocycles. The van der Waals surface area contributed by atoms with Gasteiger partial charge in [-0.2, -0.15) is 0 Å². The largest absolute Gasteiger partial charge is 0.493 e. The van der Waals surface area contributed by atoms with Gasteiger partial charge >= 0.3 is 0 Å². The summed E-state index contributed by atoms with van der Waals surface area (Å²) >= 11 is 0. The molecule has 0 spiro atoms. The molecule has 4 rings (SSSR count). The summed E-state index contributed by atoms with van der Waals surface area (Å²) < 4.78 is 18.7. The molecule has 7 nitrogen and oxygen atoms in total. The SMILES string of the molecule is COc1cc(C2CCCC(CCc3nccn3C)N(CC=O)C2)cc2c1OCO2. The number of aldehydes is 1. The van der Waals surface area contributed by atoms with E-state index in [0.717, 1.165) is 56.5 Å². The Hall–Kier alpha value is -2.54. The zero-order valence-electron chi connectivity index (χ0n) is 17.2. The van der Waals surface area contributed by atoms with Crippen molar-refractivity contribution in [1.29, 1.82) is 0 Å². The summed E-state index contributed by atoms with van der Waals surface area (Å²) in [6, 6.07) is 4.52. The number of methoxy groups -OCH3 is 1. The van der Waals surface area contributed by atoms with Crippen molar-refractivity contribution in [2.24, 2.45) is 7.05 Å². The van der Waals surface area contributed by atoms with E-state index in [9.17, 15) is 4.79 Å². The summed E-state index contributed by atoms with van der Waals surface area (Å²) in [4.78, 5) is 18.2. The second-order valence-corrected chi connectivity index (χ2v) is 7.85. The first-order valence-electron chi connectivity index (χ1n) is 10.3. The second-order valence-electron chi connectivity index (χ2n) is 7.85. The predicted molar refractivity (Wildman–Crippen MR) is 109 cm³/mol. The van der Waals surface area contributed by atoms with Gasteiger partial charge in [-0.1, -0.05) is 6.42 Å². The van der Waals surface area contributed by atoms with Gasteiger partial charge in [-0.25, -0.2) is 4.98 Å². The molecule has 0 radical (unpaired) electrons. The number of carbonyl (C=O) groups excluding carboxylic acids is 1. The van der Waals surface area contributed by atoms with Crippen LogP contribution >= 0.6 is 0 Å². The van der Waals surface area contributed by atoms with E-state index in [1.165, 1.54) is 5.56 Å². The van der Waals surface area contributed by atoms with Crippen LogP contribution in [0.25, 0.3) is 0 Å². The minimum Gasteiger partial charge on any atom is -0.493 e. The molecule has 0 amide bonds. The third kappa shape index (κ3) is 4.24. The molecule has 2 atom stereocenters. The fourth-order valence-corrected chi connectivity index (χ4v) is 4.54. The number of imidazole rings is 1. The lowest BCUT2D eigenvalue weighted by atomic mass is 9.93. The molecule has 0 N–H and O–H groups in total. The third-order valence-electron chi connectivity index (χ3n) is 6.14. The quantitative estimate of drug-likeness (QED) is 0.667. The van der Waals surface area contributed by atoms with Gasteiger partial charge in [0.15, 0.2) is 11.5 Å². The Labute approximate surface area is 171 Å². The van der Waals surface area contributed by atoms with E-state index in [4.69, 9.17) is 14.2 Å². The van der Waals surface area contributed by atoms with Crippen molar-refractivity contribution in [3.05, 3.63) is 35.9 Å². The molecule has 156 valence electrons. The number of benzene rings is 1. The maximum absolute atomic E-state index is 11.4. The second kappa shape index (κ2) is 8.86. The van der Waals surface area contributed by atoms with Crippen LogP contribution in [0.1, 0.15) is 43.0 Å². The van der Waals surface area contributed by atoms with Crippen molar-refractivity contribution < 1.29 is 19.0 Å². The zero-order chi connectivity index (χ0) is 20.2. The molecule has 7 heteroatoms. The molecule has 3 heterocycles. The summed E-state index contributed by atoms with van der Waals surface area (Å²) in [5.41, 5.74) is 1.19. The summed E-state index contributed by atoms with van der Waals surface area (Å²) in [6.45, 7) is 1.54. The molecule has 2 unspecified atom stereocenters. The summed E-state index contributed by atoms with van der Waals surface area (Å²) in [5.74, 6) is 3.57. The number of hydrogen-bond donors (Lipinski definition) is 0. The lowest BCUT2D eigenvalue weighted by Gasteiger charge is -2.30. The first kappa shape index (κ1) is 19.8. The van der Waals surface area contributed by atoms with Crippen LogP contribution in [0.2, 0.25) is 0 Å². The Bertz CT molecular complexity index is 851. The van der Waals surface area contributed by atoms with Crippen molar-refractivity contribution in [2.45, 2.75) is 44.1 Å². The first-order valence-corrected chi connectivity index (χ1v) is 10.3. The number of rotatable bonds is 7. The number of aromatic nitrogens is 2. The van der Waals surface area contributed by atoms with E-state index >= 15 is 0 Å². The van der Waals surface area contributed by atoms with Gasteiger partial charge in [-0.15, -0.1) is 0 Å². The number of hydrogen-bond acceptors (Lipinski definition) is 6. The smallest absolute Gasteiger partial charge is 0.231 e. The number of fused-ring (bicyclic) bond motifs is 1. The summed E-state index contributed by atoms with van der Waals surface area (Å²) in [6.07, 6.45) is 10.1. The van der Waals surface area contributed by atoms with Gasteiger partial charge in [0, 0.05) is 38.4 Å². The fraction of sp³-hybridized carbons (Fsp3) is 0.545. The van der Waals surface area contributed by atoms with Gasteiger partial charge in [-0.05, 0) is 42.9 Å². The standard InChI is InChI=1S/C22H29N3O4/c1-24-9-8-23-21(24)7-6-18-5-3-4-16(14-25(18)10-11-26)17-12-19(27-2)22-20(13-17)28-15-29-22/h8-9,11-13,16,18H,3-7,10,14-15H2,1-2H3. The highest BCUT2D eigenvalue weighted by molar-refractivity contribution is 5.56. The minimum absolute atomic E-state index is 0.229. The minimum atomic E-state index is 0.229. The van der Waals surface area contributed by atoms with E-state index in [-0.39, 0.29) is 6.79 Å². The Morgan fingerprint density at radius 2 is 2.21 bits per heavy atom. The molecular weight excluding hydrogens is 370 g/mol. The van der Waals surface area contributed by atoms with Crippen LogP contribution in [-0.2, 0) is 18.3 Å². The van der Waals surface area contributed by atoms with E-state index < -0.39 is 0 Å². The molecule has 2 aromatic rings. The lowest BCUT2D eigenvalue weighted by molar-refractivity contribution is -0.109. The maximum Gasteiger partial charge on any atom is 0.231 e. The average Bonchev–Trinajstić information content (AvgIpc) is 3.31. The van der Waals surface area contributed by atoms with Crippen LogP contribution in [0.5, 0.6) is 17.2 Å². The number of likely N-dealkylation sites (tertiary alicyclic amines) is 1. The predicted octanol–water partition coefficient (Wildman–Crippen LogP) is 2.93. The van der Waals surface area contributed by atoms with Gasteiger partial charge in [0.05, 0.1) is 13.7 Å². The molecular formula is C22H29N3O4. The van der Waals surface area contributed by atoms with E-state index in [2.05, 4.69) is 26.6 Å². The van der Waals surface area contributed by atoms with Crippen molar-refractivity contribution in [3.8, 4) is 17.2 Å². The number of ether oxygens (including phenoxy) is 3. The lowest BCUT2D eigenvalue weighted by Crippen LogP contribution is -2.38. The van der Waals surface area contributed by atoms with Gasteiger partial charge < -0.3 is 23.6 Å². The molecule has 29 heavy (non-hydrogen) atoms. The Kier molecular flexibility index (Phi) is 6.04. The van der Waals surface area contributed by atoms with Crippen LogP contribution in [0.4, 0.5) is 0 Å². The molecule has 0 bridgehead atoms. The van der Waals surface area contributed by atoms with Crippen LogP contribution < -0.4 is 14.2 Å². The maximum atomic E-state index is 11.4. The number of carbonyl (C=O) groups is 1. The fourth-order valence-electron chi connectivity index (χ4n) is 4.54. The van der Waals surface area contributed by atoms with Gasteiger partial charge in [0.2, 0.25) is 12.5 Å². The third-order valence-corrected chi connectivity index (χ3v) is 6.14. The van der Waals surface area contributed by atoms with Gasteiger partial charge in [-0.3, -0.25) is 4.90 Å².